The largest absolute Gasteiger partial charge is 0.488 e. The van der Waals surface area contributed by atoms with Crippen molar-refractivity contribution in [3.05, 3.63) is 75.0 Å². The average molecular weight is 417 g/mol. The van der Waals surface area contributed by atoms with E-state index in [1.165, 1.54) is 41.2 Å². The van der Waals surface area contributed by atoms with Crippen LogP contribution in [0.15, 0.2) is 47.8 Å². The second-order valence-corrected chi connectivity index (χ2v) is 7.60. The summed E-state index contributed by atoms with van der Waals surface area (Å²) in [6.45, 7) is 3.56. The van der Waals surface area contributed by atoms with E-state index < -0.39 is 6.61 Å². The summed E-state index contributed by atoms with van der Waals surface area (Å²) in [6.07, 6.45) is 0. The van der Waals surface area contributed by atoms with Gasteiger partial charge in [0.25, 0.3) is 5.91 Å². The second-order valence-electron chi connectivity index (χ2n) is 6.69. The lowest BCUT2D eigenvalue weighted by Gasteiger charge is -2.12. The number of hydrogen-bond donors (Lipinski definition) is 1. The molecule has 1 heterocycles. The first-order chi connectivity index (χ1) is 13.8. The molecule has 0 unspecified atom stereocenters. The van der Waals surface area contributed by atoms with Crippen molar-refractivity contribution < 1.29 is 23.0 Å². The van der Waals surface area contributed by atoms with E-state index >= 15 is 0 Å². The van der Waals surface area contributed by atoms with Gasteiger partial charge in [-0.2, -0.15) is 8.78 Å². The Labute approximate surface area is 172 Å². The molecule has 2 aromatic carbocycles. The molecular weight excluding hydrogens is 396 g/mol. The Bertz CT molecular complexity index is 977. The van der Waals surface area contributed by atoms with Gasteiger partial charge < -0.3 is 14.8 Å². The Balaban J connectivity index is 1.60. The van der Waals surface area contributed by atoms with Gasteiger partial charge in [0.2, 0.25) is 0 Å². The molecule has 0 radical (unpaired) electrons. The molecule has 3 rings (SSSR count). The summed E-state index contributed by atoms with van der Waals surface area (Å²) >= 11 is 1.32. The summed E-state index contributed by atoms with van der Waals surface area (Å²) in [5, 5.41) is 4.62. The minimum atomic E-state index is -2.88. The third-order valence-corrected chi connectivity index (χ3v) is 5.18. The highest BCUT2D eigenvalue weighted by molar-refractivity contribution is 7.12. The van der Waals surface area contributed by atoms with Crippen molar-refractivity contribution in [3.63, 3.8) is 0 Å². The maximum atomic E-state index is 12.4. The summed E-state index contributed by atoms with van der Waals surface area (Å²) in [7, 11) is 0. The molecule has 0 saturated heterocycles. The van der Waals surface area contributed by atoms with E-state index in [9.17, 15) is 13.6 Å². The normalized spacial score (nSPS) is 10.8. The lowest BCUT2D eigenvalue weighted by atomic mass is 10.1. The summed E-state index contributed by atoms with van der Waals surface area (Å²) < 4.78 is 34.6. The number of hydrogen-bond acceptors (Lipinski definition) is 4. The lowest BCUT2D eigenvalue weighted by molar-refractivity contribution is -0.0498. The monoisotopic (exact) mass is 417 g/mol. The molecule has 1 N–H and O–H groups in total. The summed E-state index contributed by atoms with van der Waals surface area (Å²) in [6, 6.07) is 11.7. The van der Waals surface area contributed by atoms with E-state index in [2.05, 4.69) is 22.2 Å². The minimum absolute atomic E-state index is 0.0373. The fraction of sp³-hybridized carbons (Fsp3) is 0.227. The Morgan fingerprint density at radius 2 is 1.72 bits per heavy atom. The average Bonchev–Trinajstić information content (AvgIpc) is 3.11. The molecule has 1 amide bonds. The number of ether oxygens (including phenoxy) is 2. The zero-order valence-electron chi connectivity index (χ0n) is 16.3. The Morgan fingerprint density at radius 3 is 2.34 bits per heavy atom. The van der Waals surface area contributed by atoms with Gasteiger partial charge in [-0.3, -0.25) is 4.79 Å². The number of carbonyl (C=O) groups is 1. The number of thiophene rings is 1. The van der Waals surface area contributed by atoms with Crippen LogP contribution in [0.5, 0.6) is 11.5 Å². The van der Waals surface area contributed by atoms with Gasteiger partial charge in [0.1, 0.15) is 18.1 Å². The lowest BCUT2D eigenvalue weighted by Crippen LogP contribution is -2.10. The maximum absolute atomic E-state index is 12.4. The molecule has 0 fully saturated rings. The number of nitrogens with one attached hydrogen (secondary N) is 1. The predicted molar refractivity (Wildman–Crippen MR) is 110 cm³/mol. The molecule has 0 aliphatic heterocycles. The fourth-order valence-electron chi connectivity index (χ4n) is 3.03. The molecule has 0 bridgehead atoms. The molecule has 3 aromatic rings. The van der Waals surface area contributed by atoms with Gasteiger partial charge >= 0.3 is 6.61 Å². The van der Waals surface area contributed by atoms with Gasteiger partial charge in [-0.15, -0.1) is 11.3 Å². The molecule has 0 saturated carbocycles. The van der Waals surface area contributed by atoms with Gasteiger partial charge in [-0.1, -0.05) is 17.7 Å². The van der Waals surface area contributed by atoms with Crippen molar-refractivity contribution >= 4 is 22.9 Å². The standard InChI is InChI=1S/C22H21F2NO3S/c1-13-8-14(2)20(15(3)9-13)27-11-16-10-19(29-12-16)21(26)25-17-4-6-18(7-5-17)28-22(23)24/h4-10,12,22H,11H2,1-3H3,(H,25,26). The first-order valence-electron chi connectivity index (χ1n) is 8.96. The van der Waals surface area contributed by atoms with E-state index in [1.54, 1.807) is 6.07 Å². The Kier molecular flexibility index (Phi) is 6.49. The maximum Gasteiger partial charge on any atom is 0.387 e. The van der Waals surface area contributed by atoms with Crippen LogP contribution in [0.4, 0.5) is 14.5 Å². The quantitative estimate of drug-likeness (QED) is 0.505. The smallest absolute Gasteiger partial charge is 0.387 e. The predicted octanol–water partition coefficient (Wildman–Crippen LogP) is 6.11. The SMILES string of the molecule is Cc1cc(C)c(OCc2csc(C(=O)Nc3ccc(OC(F)F)cc3)c2)c(C)c1. The number of amides is 1. The molecule has 152 valence electrons. The van der Waals surface area contributed by atoms with Crippen LogP contribution in [0.25, 0.3) is 0 Å². The van der Waals surface area contributed by atoms with Crippen molar-refractivity contribution in [2.24, 2.45) is 0 Å². The topological polar surface area (TPSA) is 47.6 Å². The summed E-state index contributed by atoms with van der Waals surface area (Å²) in [5.74, 6) is 0.626. The zero-order chi connectivity index (χ0) is 21.0. The zero-order valence-corrected chi connectivity index (χ0v) is 17.1. The minimum Gasteiger partial charge on any atom is -0.488 e. The molecule has 4 nitrogen and oxygen atoms in total. The number of rotatable bonds is 7. The van der Waals surface area contributed by atoms with Crippen LogP contribution in [0.1, 0.15) is 31.9 Å². The molecule has 0 aliphatic carbocycles. The van der Waals surface area contributed by atoms with E-state index in [1.807, 2.05) is 26.2 Å². The van der Waals surface area contributed by atoms with Crippen molar-refractivity contribution in [3.8, 4) is 11.5 Å². The number of anilines is 1. The van der Waals surface area contributed by atoms with Gasteiger partial charge in [-0.25, -0.2) is 0 Å². The number of halogens is 2. The van der Waals surface area contributed by atoms with Crippen LogP contribution < -0.4 is 14.8 Å². The molecule has 0 atom stereocenters. The highest BCUT2D eigenvalue weighted by Crippen LogP contribution is 2.26. The van der Waals surface area contributed by atoms with Crippen molar-refractivity contribution in [1.82, 2.24) is 0 Å². The van der Waals surface area contributed by atoms with Crippen molar-refractivity contribution in [2.45, 2.75) is 34.0 Å². The van der Waals surface area contributed by atoms with Crippen molar-refractivity contribution in [2.75, 3.05) is 5.32 Å². The fourth-order valence-corrected chi connectivity index (χ4v) is 3.82. The molecule has 7 heteroatoms. The Hall–Kier alpha value is -2.93. The highest BCUT2D eigenvalue weighted by Gasteiger charge is 2.12. The first kappa shape index (κ1) is 20.8. The highest BCUT2D eigenvalue weighted by atomic mass is 32.1. The number of benzene rings is 2. The summed E-state index contributed by atoms with van der Waals surface area (Å²) in [5.41, 5.74) is 4.74. The van der Waals surface area contributed by atoms with E-state index in [-0.39, 0.29) is 11.7 Å². The number of aryl methyl sites for hydroxylation is 3. The van der Waals surface area contributed by atoms with E-state index in [0.29, 0.717) is 17.2 Å². The molecule has 1 aromatic heterocycles. The van der Waals surface area contributed by atoms with Gasteiger partial charge in [0.15, 0.2) is 0 Å². The van der Waals surface area contributed by atoms with Crippen LogP contribution in [0, 0.1) is 20.8 Å². The van der Waals surface area contributed by atoms with Crippen LogP contribution in [-0.4, -0.2) is 12.5 Å². The molecular formula is C22H21F2NO3S. The van der Waals surface area contributed by atoms with Gasteiger partial charge in [0, 0.05) is 11.3 Å². The third kappa shape index (κ3) is 5.54. The van der Waals surface area contributed by atoms with Crippen LogP contribution in [0.3, 0.4) is 0 Å². The van der Waals surface area contributed by atoms with Gasteiger partial charge in [0.05, 0.1) is 4.88 Å². The van der Waals surface area contributed by atoms with E-state index in [4.69, 9.17) is 4.74 Å². The van der Waals surface area contributed by atoms with Crippen LogP contribution in [0.2, 0.25) is 0 Å². The Morgan fingerprint density at radius 1 is 1.07 bits per heavy atom. The van der Waals surface area contributed by atoms with Crippen LogP contribution >= 0.6 is 11.3 Å². The number of alkyl halides is 2. The third-order valence-electron chi connectivity index (χ3n) is 4.20. The molecule has 0 aliphatic rings. The van der Waals surface area contributed by atoms with Gasteiger partial charge in [-0.05, 0) is 67.6 Å². The summed E-state index contributed by atoms with van der Waals surface area (Å²) in [4.78, 5) is 13.0. The molecule has 29 heavy (non-hydrogen) atoms. The second kappa shape index (κ2) is 9.05. The molecule has 0 spiro atoms. The van der Waals surface area contributed by atoms with E-state index in [0.717, 1.165) is 22.4 Å². The number of carbonyl (C=O) groups excluding carboxylic acids is 1. The van der Waals surface area contributed by atoms with Crippen molar-refractivity contribution in [1.29, 1.82) is 0 Å². The first-order valence-corrected chi connectivity index (χ1v) is 9.84. The van der Waals surface area contributed by atoms with Crippen LogP contribution in [-0.2, 0) is 6.61 Å².